The summed E-state index contributed by atoms with van der Waals surface area (Å²) in [5.41, 5.74) is 5.39. The Morgan fingerprint density at radius 2 is 1.75 bits per heavy atom. The number of nitrogens with one attached hydrogen (secondary N) is 2. The van der Waals surface area contributed by atoms with E-state index in [-0.39, 0.29) is 11.7 Å². The summed E-state index contributed by atoms with van der Waals surface area (Å²) in [6.45, 7) is -0.889. The molecule has 0 aromatic heterocycles. The predicted molar refractivity (Wildman–Crippen MR) is 82.7 cm³/mol. The summed E-state index contributed by atoms with van der Waals surface area (Å²) >= 11 is 0. The van der Waals surface area contributed by atoms with Gasteiger partial charge in [-0.05, 0) is 37.1 Å². The number of primary amides is 1. The van der Waals surface area contributed by atoms with Gasteiger partial charge in [0.2, 0.25) is 5.91 Å². The maximum Gasteiger partial charge on any atom is 0.422 e. The van der Waals surface area contributed by atoms with Gasteiger partial charge >= 0.3 is 12.2 Å². The molecule has 0 saturated carbocycles. The molecule has 0 saturated heterocycles. The highest BCUT2D eigenvalue weighted by Crippen LogP contribution is 2.20. The Balaban J connectivity index is 2.23. The molecule has 24 heavy (non-hydrogen) atoms. The Bertz CT molecular complexity index is 533. The first-order chi connectivity index (χ1) is 11.3. The molecule has 0 fully saturated rings. The number of alkyl halides is 3. The molecule has 0 aliphatic rings. The van der Waals surface area contributed by atoms with Crippen molar-refractivity contribution in [1.29, 1.82) is 0 Å². The van der Waals surface area contributed by atoms with Gasteiger partial charge in [0.1, 0.15) is 5.75 Å². The minimum Gasteiger partial charge on any atom is -0.484 e. The van der Waals surface area contributed by atoms with E-state index >= 15 is 0 Å². The molecule has 0 spiro atoms. The zero-order valence-corrected chi connectivity index (χ0v) is 13.0. The van der Waals surface area contributed by atoms with E-state index in [9.17, 15) is 22.8 Å². The molecule has 0 atom stereocenters. The summed E-state index contributed by atoms with van der Waals surface area (Å²) in [6, 6.07) is 5.09. The monoisotopic (exact) mass is 347 g/mol. The summed E-state index contributed by atoms with van der Waals surface area (Å²) in [7, 11) is 0. The normalized spacial score (nSPS) is 11.0. The van der Waals surface area contributed by atoms with Gasteiger partial charge in [-0.25, -0.2) is 4.79 Å². The van der Waals surface area contributed by atoms with Crippen LogP contribution in [0.3, 0.4) is 0 Å². The quantitative estimate of drug-likeness (QED) is 0.600. The highest BCUT2D eigenvalue weighted by Gasteiger charge is 2.28. The molecule has 3 amide bonds. The zero-order valence-electron chi connectivity index (χ0n) is 13.0. The van der Waals surface area contributed by atoms with Crippen LogP contribution in [0.4, 0.5) is 23.7 Å². The molecule has 1 rings (SSSR count). The number of carbonyl (C=O) groups is 2. The van der Waals surface area contributed by atoms with Crippen molar-refractivity contribution >= 4 is 17.6 Å². The van der Waals surface area contributed by atoms with Crippen molar-refractivity contribution in [3.63, 3.8) is 0 Å². The van der Waals surface area contributed by atoms with Gasteiger partial charge in [-0.2, -0.15) is 13.2 Å². The van der Waals surface area contributed by atoms with Crippen molar-refractivity contribution in [3.8, 4) is 5.75 Å². The Labute approximate surface area is 137 Å². The number of urea groups is 1. The van der Waals surface area contributed by atoms with Crippen LogP contribution in [0.1, 0.15) is 25.7 Å². The first-order valence-corrected chi connectivity index (χ1v) is 7.39. The number of rotatable bonds is 9. The van der Waals surface area contributed by atoms with Crippen molar-refractivity contribution < 1.29 is 27.5 Å². The minimum atomic E-state index is -4.39. The van der Waals surface area contributed by atoms with E-state index in [1.807, 2.05) is 0 Å². The van der Waals surface area contributed by atoms with E-state index in [0.29, 0.717) is 25.1 Å². The second kappa shape index (κ2) is 9.64. The lowest BCUT2D eigenvalue weighted by atomic mass is 10.2. The van der Waals surface area contributed by atoms with Crippen molar-refractivity contribution in [2.45, 2.75) is 31.9 Å². The molecule has 134 valence electrons. The summed E-state index contributed by atoms with van der Waals surface area (Å²) in [5.74, 6) is -0.117. The maximum absolute atomic E-state index is 12.0. The summed E-state index contributed by atoms with van der Waals surface area (Å²) in [4.78, 5) is 22.2. The molecule has 1 aromatic rings. The minimum absolute atomic E-state index is 0.0762. The third-order valence-corrected chi connectivity index (χ3v) is 2.92. The van der Waals surface area contributed by atoms with Crippen LogP contribution in [0.5, 0.6) is 5.75 Å². The van der Waals surface area contributed by atoms with Gasteiger partial charge in [0.25, 0.3) is 0 Å². The number of hydrogen-bond donors (Lipinski definition) is 3. The smallest absolute Gasteiger partial charge is 0.422 e. The molecule has 0 unspecified atom stereocenters. The van der Waals surface area contributed by atoms with Gasteiger partial charge in [-0.15, -0.1) is 0 Å². The van der Waals surface area contributed by atoms with Crippen molar-refractivity contribution in [2.24, 2.45) is 5.73 Å². The Morgan fingerprint density at radius 1 is 1.08 bits per heavy atom. The number of benzene rings is 1. The standard InChI is InChI=1S/C15H20F3N3O3/c16-15(17,18)10-24-12-7-5-11(6-8-12)21-13(22)4-2-1-3-9-20-14(19)23/h5-8H,1-4,9-10H2,(H,21,22)(H3,19,20,23). The number of ether oxygens (including phenoxy) is 1. The molecule has 6 nitrogen and oxygen atoms in total. The van der Waals surface area contributed by atoms with Crippen LogP contribution >= 0.6 is 0 Å². The lowest BCUT2D eigenvalue weighted by Gasteiger charge is -2.10. The molecule has 0 aliphatic heterocycles. The number of anilines is 1. The fourth-order valence-electron chi connectivity index (χ4n) is 1.82. The number of amides is 3. The Kier molecular flexibility index (Phi) is 7.87. The van der Waals surface area contributed by atoms with E-state index in [0.717, 1.165) is 12.8 Å². The SMILES string of the molecule is NC(=O)NCCCCCC(=O)Nc1ccc(OCC(F)(F)F)cc1. The summed E-state index contributed by atoms with van der Waals surface area (Å²) in [5, 5.41) is 5.10. The average Bonchev–Trinajstić information content (AvgIpc) is 2.49. The van der Waals surface area contributed by atoms with Crippen LogP contribution in [0, 0.1) is 0 Å². The third kappa shape index (κ3) is 9.54. The summed E-state index contributed by atoms with van der Waals surface area (Å²) in [6.07, 6.45) is -1.94. The number of halogens is 3. The van der Waals surface area contributed by atoms with Crippen LogP contribution < -0.4 is 21.1 Å². The fourth-order valence-corrected chi connectivity index (χ4v) is 1.82. The van der Waals surface area contributed by atoms with Crippen LogP contribution in [-0.4, -0.2) is 31.3 Å². The Morgan fingerprint density at radius 3 is 2.33 bits per heavy atom. The van der Waals surface area contributed by atoms with Crippen LogP contribution in [-0.2, 0) is 4.79 Å². The highest BCUT2D eigenvalue weighted by atomic mass is 19.4. The molecule has 0 radical (unpaired) electrons. The average molecular weight is 347 g/mol. The van der Waals surface area contributed by atoms with Gasteiger partial charge in [0, 0.05) is 18.7 Å². The second-order valence-corrected chi connectivity index (χ2v) is 5.08. The van der Waals surface area contributed by atoms with Crippen LogP contribution in [0.25, 0.3) is 0 Å². The number of unbranched alkanes of at least 4 members (excludes halogenated alkanes) is 2. The lowest BCUT2D eigenvalue weighted by molar-refractivity contribution is -0.153. The molecule has 0 bridgehead atoms. The van der Waals surface area contributed by atoms with Crippen LogP contribution in [0.15, 0.2) is 24.3 Å². The van der Waals surface area contributed by atoms with Crippen molar-refractivity contribution in [3.05, 3.63) is 24.3 Å². The second-order valence-electron chi connectivity index (χ2n) is 5.08. The zero-order chi connectivity index (χ0) is 18.0. The van der Waals surface area contributed by atoms with Gasteiger partial charge in [0.05, 0.1) is 0 Å². The third-order valence-electron chi connectivity index (χ3n) is 2.92. The molecule has 0 aliphatic carbocycles. The van der Waals surface area contributed by atoms with Gasteiger partial charge in [-0.1, -0.05) is 6.42 Å². The predicted octanol–water partition coefficient (Wildman–Crippen LogP) is 2.79. The fraction of sp³-hybridized carbons (Fsp3) is 0.467. The van der Waals surface area contributed by atoms with Gasteiger partial charge in [0.15, 0.2) is 6.61 Å². The number of nitrogens with two attached hydrogens (primary N) is 1. The first-order valence-electron chi connectivity index (χ1n) is 7.39. The molecular weight excluding hydrogens is 327 g/mol. The Hall–Kier alpha value is -2.45. The van der Waals surface area contributed by atoms with E-state index in [1.165, 1.54) is 24.3 Å². The largest absolute Gasteiger partial charge is 0.484 e. The molecule has 9 heteroatoms. The van der Waals surface area contributed by atoms with E-state index < -0.39 is 18.8 Å². The topological polar surface area (TPSA) is 93.5 Å². The molecular formula is C15H20F3N3O3. The van der Waals surface area contributed by atoms with Crippen LogP contribution in [0.2, 0.25) is 0 Å². The molecule has 1 aromatic carbocycles. The lowest BCUT2D eigenvalue weighted by Crippen LogP contribution is -2.29. The molecule has 0 heterocycles. The van der Waals surface area contributed by atoms with Gasteiger partial charge in [-0.3, -0.25) is 4.79 Å². The number of carbonyl (C=O) groups excluding carboxylic acids is 2. The van der Waals surface area contributed by atoms with E-state index in [2.05, 4.69) is 15.4 Å². The summed E-state index contributed by atoms with van der Waals surface area (Å²) < 4.78 is 40.6. The van der Waals surface area contributed by atoms with Crippen molar-refractivity contribution in [2.75, 3.05) is 18.5 Å². The highest BCUT2D eigenvalue weighted by molar-refractivity contribution is 5.90. The maximum atomic E-state index is 12.0. The van der Waals surface area contributed by atoms with Gasteiger partial charge < -0.3 is 21.1 Å². The van der Waals surface area contributed by atoms with E-state index in [1.54, 1.807) is 0 Å². The first kappa shape index (κ1) is 19.6. The van der Waals surface area contributed by atoms with E-state index in [4.69, 9.17) is 5.73 Å². The molecule has 4 N–H and O–H groups in total. The number of hydrogen-bond acceptors (Lipinski definition) is 3. The van der Waals surface area contributed by atoms with Crippen molar-refractivity contribution in [1.82, 2.24) is 5.32 Å².